The van der Waals surface area contributed by atoms with Crippen LogP contribution < -0.4 is 9.47 Å². The van der Waals surface area contributed by atoms with Gasteiger partial charge in [-0.1, -0.05) is 0 Å². The fourth-order valence-corrected chi connectivity index (χ4v) is 5.05. The van der Waals surface area contributed by atoms with Crippen molar-refractivity contribution in [1.29, 1.82) is 0 Å². The molecular weight excluding hydrogens is 380 g/mol. The Kier molecular flexibility index (Phi) is 6.26. The highest BCUT2D eigenvalue weighted by Crippen LogP contribution is 2.31. The van der Waals surface area contributed by atoms with Crippen LogP contribution in [-0.4, -0.2) is 67.8 Å². The van der Waals surface area contributed by atoms with Crippen molar-refractivity contribution in [3.05, 3.63) is 35.7 Å². The van der Waals surface area contributed by atoms with Gasteiger partial charge in [-0.25, -0.2) is 8.42 Å². The number of nitrogens with zero attached hydrogens (tertiary/aromatic N) is 4. The molecule has 1 aromatic heterocycles. The second-order valence-corrected chi connectivity index (χ2v) is 8.67. The van der Waals surface area contributed by atoms with E-state index in [-0.39, 0.29) is 4.90 Å². The van der Waals surface area contributed by atoms with Gasteiger partial charge in [0.15, 0.2) is 0 Å². The van der Waals surface area contributed by atoms with Gasteiger partial charge >= 0.3 is 0 Å². The second-order valence-electron chi connectivity index (χ2n) is 6.77. The summed E-state index contributed by atoms with van der Waals surface area (Å²) in [5, 5.41) is 4.39. The summed E-state index contributed by atoms with van der Waals surface area (Å²) in [6, 6.07) is 4.83. The molecule has 0 unspecified atom stereocenters. The molecule has 1 aliphatic rings. The van der Waals surface area contributed by atoms with Gasteiger partial charge in [0, 0.05) is 56.6 Å². The molecule has 9 heteroatoms. The van der Waals surface area contributed by atoms with E-state index in [9.17, 15) is 8.42 Å². The molecule has 0 spiro atoms. The zero-order chi connectivity index (χ0) is 20.3. The number of hydrogen-bond acceptors (Lipinski definition) is 6. The van der Waals surface area contributed by atoms with E-state index in [1.807, 2.05) is 10.9 Å². The van der Waals surface area contributed by atoms with Gasteiger partial charge in [0.05, 0.1) is 20.4 Å². The fourth-order valence-electron chi connectivity index (χ4n) is 3.45. The van der Waals surface area contributed by atoms with Crippen LogP contribution in [0.4, 0.5) is 0 Å². The molecule has 0 radical (unpaired) electrons. The number of sulfonamides is 1. The number of hydrogen-bond donors (Lipinski definition) is 0. The lowest BCUT2D eigenvalue weighted by Gasteiger charge is -2.34. The second kappa shape index (κ2) is 8.50. The van der Waals surface area contributed by atoms with E-state index in [1.54, 1.807) is 12.1 Å². The average molecular weight is 409 g/mol. The Morgan fingerprint density at radius 3 is 2.39 bits per heavy atom. The third-order valence-corrected chi connectivity index (χ3v) is 7.14. The monoisotopic (exact) mass is 408 g/mol. The molecule has 28 heavy (non-hydrogen) atoms. The Morgan fingerprint density at radius 2 is 1.82 bits per heavy atom. The van der Waals surface area contributed by atoms with Gasteiger partial charge in [-0.2, -0.15) is 9.40 Å². The van der Waals surface area contributed by atoms with Crippen LogP contribution in [0.15, 0.2) is 29.3 Å². The van der Waals surface area contributed by atoms with Crippen LogP contribution in [0.3, 0.4) is 0 Å². The maximum absolute atomic E-state index is 13.2. The number of piperazine rings is 1. The molecule has 0 atom stereocenters. The number of aryl methyl sites for hydroxylation is 1. The Hall–Kier alpha value is -2.10. The van der Waals surface area contributed by atoms with Crippen LogP contribution in [0.25, 0.3) is 0 Å². The topological polar surface area (TPSA) is 76.9 Å². The van der Waals surface area contributed by atoms with E-state index in [0.717, 1.165) is 13.1 Å². The van der Waals surface area contributed by atoms with E-state index in [0.29, 0.717) is 37.7 Å². The van der Waals surface area contributed by atoms with Gasteiger partial charge in [0.25, 0.3) is 0 Å². The van der Waals surface area contributed by atoms with E-state index in [1.165, 1.54) is 35.8 Å². The van der Waals surface area contributed by atoms with Gasteiger partial charge in [-0.15, -0.1) is 0 Å². The lowest BCUT2D eigenvalue weighted by atomic mass is 10.2. The van der Waals surface area contributed by atoms with Crippen molar-refractivity contribution in [2.45, 2.75) is 31.8 Å². The molecule has 2 heterocycles. The first-order chi connectivity index (χ1) is 13.4. The number of methoxy groups -OCH3 is 2. The molecule has 1 aromatic carbocycles. The summed E-state index contributed by atoms with van der Waals surface area (Å²) < 4.78 is 40.3. The van der Waals surface area contributed by atoms with E-state index in [4.69, 9.17) is 9.47 Å². The first kappa shape index (κ1) is 20.6. The smallest absolute Gasteiger partial charge is 0.246 e. The number of ether oxygens (including phenoxy) is 2. The molecule has 2 aromatic rings. The molecule has 1 fully saturated rings. The third kappa shape index (κ3) is 4.01. The minimum Gasteiger partial charge on any atom is -0.497 e. The van der Waals surface area contributed by atoms with Crippen molar-refractivity contribution in [1.82, 2.24) is 19.0 Å². The standard InChI is InChI=1S/C19H28N4O4S/c1-5-23-15(2)16(13-20-23)14-21-8-10-22(11-9-21)28(24,25)19-12-17(26-3)6-7-18(19)27-4/h6-7,12-13H,5,8-11,14H2,1-4H3. The molecule has 0 aliphatic carbocycles. The molecule has 8 nitrogen and oxygen atoms in total. The number of aromatic nitrogens is 2. The number of benzene rings is 1. The predicted octanol–water partition coefficient (Wildman–Crippen LogP) is 1.74. The minimum absolute atomic E-state index is 0.142. The predicted molar refractivity (Wildman–Crippen MR) is 106 cm³/mol. The van der Waals surface area contributed by atoms with Crippen LogP contribution in [0.1, 0.15) is 18.2 Å². The van der Waals surface area contributed by atoms with Crippen LogP contribution in [0.5, 0.6) is 11.5 Å². The highest BCUT2D eigenvalue weighted by molar-refractivity contribution is 7.89. The van der Waals surface area contributed by atoms with Crippen LogP contribution in [0, 0.1) is 6.92 Å². The fraction of sp³-hybridized carbons (Fsp3) is 0.526. The van der Waals surface area contributed by atoms with Gasteiger partial charge in [-0.3, -0.25) is 9.58 Å². The summed E-state index contributed by atoms with van der Waals surface area (Å²) in [5.74, 6) is 0.812. The highest BCUT2D eigenvalue weighted by Gasteiger charge is 2.31. The molecule has 154 valence electrons. The third-order valence-electron chi connectivity index (χ3n) is 5.22. The lowest BCUT2D eigenvalue weighted by Crippen LogP contribution is -2.48. The Morgan fingerprint density at radius 1 is 1.11 bits per heavy atom. The van der Waals surface area contributed by atoms with Crippen molar-refractivity contribution in [2.24, 2.45) is 0 Å². The lowest BCUT2D eigenvalue weighted by molar-refractivity contribution is 0.181. The molecular formula is C19H28N4O4S. The van der Waals surface area contributed by atoms with Gasteiger partial charge < -0.3 is 9.47 Å². The molecule has 0 bridgehead atoms. The average Bonchev–Trinajstić information content (AvgIpc) is 3.07. The Bertz CT molecular complexity index is 918. The van der Waals surface area contributed by atoms with Gasteiger partial charge in [0.2, 0.25) is 10.0 Å². The van der Waals surface area contributed by atoms with Crippen LogP contribution in [0.2, 0.25) is 0 Å². The molecule has 1 saturated heterocycles. The zero-order valence-corrected chi connectivity index (χ0v) is 17.7. The summed E-state index contributed by atoms with van der Waals surface area (Å²) in [4.78, 5) is 2.40. The van der Waals surface area contributed by atoms with Gasteiger partial charge in [-0.05, 0) is 26.0 Å². The summed E-state index contributed by atoms with van der Waals surface area (Å²) in [5.41, 5.74) is 2.35. The van der Waals surface area contributed by atoms with Crippen molar-refractivity contribution in [2.75, 3.05) is 40.4 Å². The van der Waals surface area contributed by atoms with Gasteiger partial charge in [0.1, 0.15) is 16.4 Å². The first-order valence-corrected chi connectivity index (χ1v) is 10.8. The molecule has 3 rings (SSSR count). The first-order valence-electron chi connectivity index (χ1n) is 9.36. The minimum atomic E-state index is -3.66. The summed E-state index contributed by atoms with van der Waals surface area (Å²) in [7, 11) is -0.673. The summed E-state index contributed by atoms with van der Waals surface area (Å²) in [6.45, 7) is 7.97. The van der Waals surface area contributed by atoms with E-state index >= 15 is 0 Å². The molecule has 0 saturated carbocycles. The van der Waals surface area contributed by atoms with Crippen molar-refractivity contribution < 1.29 is 17.9 Å². The molecule has 0 N–H and O–H groups in total. The van der Waals surface area contributed by atoms with Crippen molar-refractivity contribution in [3.63, 3.8) is 0 Å². The summed E-state index contributed by atoms with van der Waals surface area (Å²) >= 11 is 0. The highest BCUT2D eigenvalue weighted by atomic mass is 32.2. The maximum Gasteiger partial charge on any atom is 0.246 e. The molecule has 1 aliphatic heterocycles. The number of rotatable bonds is 7. The van der Waals surface area contributed by atoms with Crippen molar-refractivity contribution >= 4 is 10.0 Å². The van der Waals surface area contributed by atoms with Crippen molar-refractivity contribution in [3.8, 4) is 11.5 Å². The van der Waals surface area contributed by atoms with E-state index < -0.39 is 10.0 Å². The largest absolute Gasteiger partial charge is 0.497 e. The Balaban J connectivity index is 1.71. The maximum atomic E-state index is 13.2. The zero-order valence-electron chi connectivity index (χ0n) is 16.9. The van der Waals surface area contributed by atoms with E-state index in [2.05, 4.69) is 23.8 Å². The normalized spacial score (nSPS) is 16.3. The SMILES string of the molecule is CCn1ncc(CN2CCN(S(=O)(=O)c3cc(OC)ccc3OC)CC2)c1C. The van der Waals surface area contributed by atoms with Crippen LogP contribution in [-0.2, 0) is 23.1 Å². The van der Waals surface area contributed by atoms with Crippen LogP contribution >= 0.6 is 0 Å². The molecule has 0 amide bonds. The summed E-state index contributed by atoms with van der Waals surface area (Å²) in [6.07, 6.45) is 1.91. The Labute approximate surface area is 166 Å². The quantitative estimate of drug-likeness (QED) is 0.695.